The summed E-state index contributed by atoms with van der Waals surface area (Å²) in [6.45, 7) is 9.70. The molecule has 0 aliphatic carbocycles. The van der Waals surface area contributed by atoms with Crippen LogP contribution < -0.4 is 10.1 Å². The molecule has 0 unspecified atom stereocenters. The first-order valence-electron chi connectivity index (χ1n) is 9.48. The van der Waals surface area contributed by atoms with Crippen LogP contribution in [-0.2, 0) is 9.59 Å². The lowest BCUT2D eigenvalue weighted by molar-refractivity contribution is -0.132. The number of benzene rings is 1. The number of rotatable bonds is 4. The first kappa shape index (κ1) is 18.5. The number of hydrogen-bond acceptors (Lipinski definition) is 3. The Labute approximate surface area is 155 Å². The Hall–Kier alpha value is -2.30. The van der Waals surface area contributed by atoms with Crippen LogP contribution in [0.1, 0.15) is 56.2 Å². The van der Waals surface area contributed by atoms with E-state index in [0.29, 0.717) is 38.5 Å². The first-order valence-corrected chi connectivity index (χ1v) is 9.48. The van der Waals surface area contributed by atoms with Gasteiger partial charge in [-0.1, -0.05) is 26.5 Å². The SMILES string of the molecule is C=CC(=O)N1CCC(C(=O)N[C@@H]2CCOc3ccc(C(C)C)cc32)CC1. The molecule has 1 aromatic carbocycles. The Morgan fingerprint density at radius 1 is 1.27 bits per heavy atom. The highest BCUT2D eigenvalue weighted by molar-refractivity contribution is 5.87. The first-order chi connectivity index (χ1) is 12.5. The van der Waals surface area contributed by atoms with Crippen molar-refractivity contribution >= 4 is 11.8 Å². The summed E-state index contributed by atoms with van der Waals surface area (Å²) in [5, 5.41) is 3.23. The molecule has 1 N–H and O–H groups in total. The normalized spacial score (nSPS) is 20.3. The number of amides is 2. The van der Waals surface area contributed by atoms with Crippen LogP contribution >= 0.6 is 0 Å². The standard InChI is InChI=1S/C21H28N2O3/c1-4-20(24)23-10-7-15(8-11-23)21(25)22-18-9-12-26-19-6-5-16(14(2)3)13-17(18)19/h4-6,13-15,18H,1,7-12H2,2-3H3,(H,22,25)/t18-/m1/s1. The highest BCUT2D eigenvalue weighted by Gasteiger charge is 2.30. The lowest BCUT2D eigenvalue weighted by Gasteiger charge is -2.33. The maximum atomic E-state index is 12.8. The molecule has 0 radical (unpaired) electrons. The summed E-state index contributed by atoms with van der Waals surface area (Å²) in [4.78, 5) is 26.2. The molecule has 3 rings (SSSR count). The van der Waals surface area contributed by atoms with Gasteiger partial charge < -0.3 is 15.0 Å². The molecule has 0 saturated carbocycles. The summed E-state index contributed by atoms with van der Waals surface area (Å²) < 4.78 is 5.76. The van der Waals surface area contributed by atoms with Crippen LogP contribution in [0.25, 0.3) is 0 Å². The third-order valence-corrected chi connectivity index (χ3v) is 5.41. The third kappa shape index (κ3) is 3.92. The van der Waals surface area contributed by atoms with Crippen molar-refractivity contribution in [2.24, 2.45) is 5.92 Å². The van der Waals surface area contributed by atoms with Gasteiger partial charge in [-0.2, -0.15) is 0 Å². The van der Waals surface area contributed by atoms with Crippen molar-refractivity contribution in [3.05, 3.63) is 42.0 Å². The fourth-order valence-corrected chi connectivity index (χ4v) is 3.70. The number of nitrogens with one attached hydrogen (secondary N) is 1. The molecule has 1 fully saturated rings. The van der Waals surface area contributed by atoms with Crippen LogP contribution in [0.2, 0.25) is 0 Å². The average Bonchev–Trinajstić information content (AvgIpc) is 2.67. The Morgan fingerprint density at radius 3 is 2.65 bits per heavy atom. The quantitative estimate of drug-likeness (QED) is 0.843. The molecule has 2 amide bonds. The number of carbonyl (C=O) groups is 2. The number of hydrogen-bond donors (Lipinski definition) is 1. The summed E-state index contributed by atoms with van der Waals surface area (Å²) in [6, 6.07) is 6.27. The van der Waals surface area contributed by atoms with Crippen molar-refractivity contribution in [1.82, 2.24) is 10.2 Å². The van der Waals surface area contributed by atoms with Gasteiger partial charge in [0.2, 0.25) is 11.8 Å². The Kier molecular flexibility index (Phi) is 5.64. The number of piperidine rings is 1. The number of nitrogens with zero attached hydrogens (tertiary/aromatic N) is 1. The van der Waals surface area contributed by atoms with Crippen molar-refractivity contribution in [1.29, 1.82) is 0 Å². The number of carbonyl (C=O) groups excluding carboxylic acids is 2. The average molecular weight is 356 g/mol. The van der Waals surface area contributed by atoms with Crippen molar-refractivity contribution < 1.29 is 14.3 Å². The predicted molar refractivity (Wildman–Crippen MR) is 101 cm³/mol. The van der Waals surface area contributed by atoms with Gasteiger partial charge >= 0.3 is 0 Å². The minimum Gasteiger partial charge on any atom is -0.493 e. The zero-order valence-electron chi connectivity index (χ0n) is 15.7. The topological polar surface area (TPSA) is 58.6 Å². The molecule has 1 saturated heterocycles. The summed E-state index contributed by atoms with van der Waals surface area (Å²) in [5.74, 6) is 1.30. The lowest BCUT2D eigenvalue weighted by atomic mass is 9.92. The van der Waals surface area contributed by atoms with Crippen molar-refractivity contribution in [2.45, 2.75) is 45.1 Å². The van der Waals surface area contributed by atoms with Crippen molar-refractivity contribution in [3.63, 3.8) is 0 Å². The molecule has 140 valence electrons. The van der Waals surface area contributed by atoms with Crippen LogP contribution in [0.3, 0.4) is 0 Å². The minimum atomic E-state index is -0.0524. The lowest BCUT2D eigenvalue weighted by Crippen LogP contribution is -2.43. The van der Waals surface area contributed by atoms with E-state index in [-0.39, 0.29) is 23.8 Å². The van der Waals surface area contributed by atoms with Crippen LogP contribution in [0.4, 0.5) is 0 Å². The van der Waals surface area contributed by atoms with Gasteiger partial charge in [0, 0.05) is 31.0 Å². The smallest absolute Gasteiger partial charge is 0.245 e. The van der Waals surface area contributed by atoms with Gasteiger partial charge in [-0.25, -0.2) is 0 Å². The van der Waals surface area contributed by atoms with Crippen molar-refractivity contribution in [3.8, 4) is 5.75 Å². The summed E-state index contributed by atoms with van der Waals surface area (Å²) >= 11 is 0. The molecule has 2 aliphatic rings. The molecule has 2 heterocycles. The number of likely N-dealkylation sites (tertiary alicyclic amines) is 1. The van der Waals surface area contributed by atoms with Crippen molar-refractivity contribution in [2.75, 3.05) is 19.7 Å². The summed E-state index contributed by atoms with van der Waals surface area (Å²) in [5.41, 5.74) is 2.33. The van der Waals surface area contributed by atoms with E-state index in [9.17, 15) is 9.59 Å². The van der Waals surface area contributed by atoms with Gasteiger partial charge in [0.1, 0.15) is 5.75 Å². The Morgan fingerprint density at radius 2 is 2.00 bits per heavy atom. The molecule has 0 spiro atoms. The maximum absolute atomic E-state index is 12.8. The van der Waals surface area contributed by atoms with Gasteiger partial charge in [-0.15, -0.1) is 0 Å². The zero-order valence-corrected chi connectivity index (χ0v) is 15.7. The molecule has 2 aliphatic heterocycles. The third-order valence-electron chi connectivity index (χ3n) is 5.41. The van der Waals surface area contributed by atoms with E-state index in [1.807, 2.05) is 6.07 Å². The number of ether oxygens (including phenoxy) is 1. The predicted octanol–water partition coefficient (Wildman–Crippen LogP) is 3.17. The van der Waals surface area contributed by atoms with Crippen LogP contribution in [-0.4, -0.2) is 36.4 Å². The fraction of sp³-hybridized carbons (Fsp3) is 0.524. The van der Waals surface area contributed by atoms with E-state index in [4.69, 9.17) is 4.74 Å². The van der Waals surface area contributed by atoms with Gasteiger partial charge in [-0.05, 0) is 42.5 Å². The molecule has 5 heteroatoms. The highest BCUT2D eigenvalue weighted by Crippen LogP contribution is 2.34. The molecular weight excluding hydrogens is 328 g/mol. The Balaban J connectivity index is 1.65. The Bertz CT molecular complexity index is 690. The molecule has 0 aromatic heterocycles. The summed E-state index contributed by atoms with van der Waals surface area (Å²) in [6.07, 6.45) is 3.53. The monoisotopic (exact) mass is 356 g/mol. The second-order valence-corrected chi connectivity index (χ2v) is 7.45. The second kappa shape index (κ2) is 7.94. The molecular formula is C21H28N2O3. The van der Waals surface area contributed by atoms with Gasteiger partial charge in [0.05, 0.1) is 12.6 Å². The summed E-state index contributed by atoms with van der Waals surface area (Å²) in [7, 11) is 0. The minimum absolute atomic E-state index is 0.00205. The van der Waals surface area contributed by atoms with E-state index in [0.717, 1.165) is 17.7 Å². The largest absolute Gasteiger partial charge is 0.493 e. The molecule has 26 heavy (non-hydrogen) atoms. The molecule has 0 bridgehead atoms. The van der Waals surface area contributed by atoms with Gasteiger partial charge in [-0.3, -0.25) is 9.59 Å². The van der Waals surface area contributed by atoms with E-state index < -0.39 is 0 Å². The van der Waals surface area contributed by atoms with Crippen LogP contribution in [0.5, 0.6) is 5.75 Å². The van der Waals surface area contributed by atoms with E-state index in [1.54, 1.807) is 4.90 Å². The molecule has 1 aromatic rings. The van der Waals surface area contributed by atoms with E-state index in [1.165, 1.54) is 11.6 Å². The van der Waals surface area contributed by atoms with Gasteiger partial charge in [0.15, 0.2) is 0 Å². The van der Waals surface area contributed by atoms with Gasteiger partial charge in [0.25, 0.3) is 0 Å². The van der Waals surface area contributed by atoms with E-state index >= 15 is 0 Å². The maximum Gasteiger partial charge on any atom is 0.245 e. The molecule has 1 atom stereocenters. The van der Waals surface area contributed by atoms with Crippen LogP contribution in [0, 0.1) is 5.92 Å². The van der Waals surface area contributed by atoms with Crippen LogP contribution in [0.15, 0.2) is 30.9 Å². The molecule has 5 nitrogen and oxygen atoms in total. The highest BCUT2D eigenvalue weighted by atomic mass is 16.5. The fourth-order valence-electron chi connectivity index (χ4n) is 3.70. The zero-order chi connectivity index (χ0) is 18.7. The second-order valence-electron chi connectivity index (χ2n) is 7.45. The van der Waals surface area contributed by atoms with E-state index in [2.05, 4.69) is 37.9 Å². The number of fused-ring (bicyclic) bond motifs is 1.